The molecule has 2 aromatic rings. The molecule has 24 heavy (non-hydrogen) atoms. The highest BCUT2D eigenvalue weighted by Gasteiger charge is 2.18. The molecule has 0 aromatic heterocycles. The van der Waals surface area contributed by atoms with Crippen LogP contribution in [0.3, 0.4) is 0 Å². The van der Waals surface area contributed by atoms with Gasteiger partial charge in [0.1, 0.15) is 0 Å². The second kappa shape index (κ2) is 7.47. The molecule has 1 N–H and O–H groups in total. The highest BCUT2D eigenvalue weighted by molar-refractivity contribution is 6.38. The van der Waals surface area contributed by atoms with Gasteiger partial charge in [-0.15, -0.1) is 0 Å². The summed E-state index contributed by atoms with van der Waals surface area (Å²) in [6, 6.07) is 9.11. The number of amides is 1. The molecule has 0 aliphatic carbocycles. The van der Waals surface area contributed by atoms with Crippen molar-refractivity contribution in [2.24, 2.45) is 0 Å². The molecule has 0 unspecified atom stereocenters. The van der Waals surface area contributed by atoms with Gasteiger partial charge in [0.25, 0.3) is 5.69 Å². The summed E-state index contributed by atoms with van der Waals surface area (Å²) in [5, 5.41) is 14.5. The topological polar surface area (TPSA) is 72.2 Å². The fraction of sp³-hybridized carbons (Fsp3) is 0.118. The summed E-state index contributed by atoms with van der Waals surface area (Å²) in [5.74, 6) is -0.219. The molecular formula is C17H14Cl2N2O3. The zero-order valence-electron chi connectivity index (χ0n) is 12.8. The number of nitrogens with one attached hydrogen (secondary N) is 1. The van der Waals surface area contributed by atoms with Gasteiger partial charge < -0.3 is 5.32 Å². The van der Waals surface area contributed by atoms with Crippen molar-refractivity contribution in [2.45, 2.75) is 13.3 Å². The Kier molecular flexibility index (Phi) is 5.59. The van der Waals surface area contributed by atoms with E-state index in [4.69, 9.17) is 23.2 Å². The minimum absolute atomic E-state index is 0.121. The first-order valence-electron chi connectivity index (χ1n) is 7.07. The summed E-state index contributed by atoms with van der Waals surface area (Å²) in [5.41, 5.74) is 1.53. The van der Waals surface area contributed by atoms with E-state index in [1.165, 1.54) is 18.2 Å². The maximum Gasteiger partial charge on any atom is 0.270 e. The molecule has 7 heteroatoms. The van der Waals surface area contributed by atoms with Crippen molar-refractivity contribution in [1.29, 1.82) is 0 Å². The quantitative estimate of drug-likeness (QED) is 0.576. The number of carbonyl (C=O) groups is 1. The Morgan fingerprint density at radius 2 is 1.88 bits per heavy atom. The first-order valence-corrected chi connectivity index (χ1v) is 7.82. The molecule has 5 nitrogen and oxygen atoms in total. The van der Waals surface area contributed by atoms with Crippen LogP contribution in [0, 0.1) is 10.1 Å². The van der Waals surface area contributed by atoms with Gasteiger partial charge in [0.15, 0.2) is 0 Å². The lowest BCUT2D eigenvalue weighted by atomic mass is 9.97. The summed E-state index contributed by atoms with van der Waals surface area (Å²) in [7, 11) is 0. The van der Waals surface area contributed by atoms with Gasteiger partial charge in [-0.05, 0) is 23.8 Å². The van der Waals surface area contributed by atoms with Gasteiger partial charge in [0.05, 0.1) is 4.92 Å². The molecule has 0 aliphatic heterocycles. The van der Waals surface area contributed by atoms with Crippen LogP contribution in [0.15, 0.2) is 43.0 Å². The normalized spacial score (nSPS) is 10.3. The number of nitrogens with zero attached hydrogens (tertiary/aromatic N) is 1. The first-order chi connectivity index (χ1) is 11.3. The summed E-state index contributed by atoms with van der Waals surface area (Å²) in [6.07, 6.45) is 0.274. The van der Waals surface area contributed by atoms with Crippen molar-refractivity contribution in [3.63, 3.8) is 0 Å². The third-order valence-electron chi connectivity index (χ3n) is 3.40. The Hall–Kier alpha value is -2.37. The van der Waals surface area contributed by atoms with E-state index in [0.29, 0.717) is 32.4 Å². The standard InChI is InChI=1S/C17H14Cl2N2O3/c1-3-16(22)20-15-8-7-11(21(23)24)9-12(15)10(2)17-13(18)5-4-6-14(17)19/h4-9H,2-3H2,1H3,(H,20,22). The average Bonchev–Trinajstić information content (AvgIpc) is 2.54. The van der Waals surface area contributed by atoms with Gasteiger partial charge in [-0.1, -0.05) is 42.8 Å². The summed E-state index contributed by atoms with van der Waals surface area (Å²) in [4.78, 5) is 22.3. The Labute approximate surface area is 149 Å². The van der Waals surface area contributed by atoms with Crippen molar-refractivity contribution in [2.75, 3.05) is 5.32 Å². The molecule has 0 aliphatic rings. The van der Waals surface area contributed by atoms with Gasteiger partial charge in [-0.3, -0.25) is 14.9 Å². The van der Waals surface area contributed by atoms with Crippen LogP contribution in [0.5, 0.6) is 0 Å². The van der Waals surface area contributed by atoms with Crippen molar-refractivity contribution in [1.82, 2.24) is 0 Å². The van der Waals surface area contributed by atoms with E-state index in [1.807, 2.05) is 0 Å². The first kappa shape index (κ1) is 18.0. The van der Waals surface area contributed by atoms with E-state index in [0.717, 1.165) is 0 Å². The van der Waals surface area contributed by atoms with Crippen LogP contribution in [0.4, 0.5) is 11.4 Å². The average molecular weight is 365 g/mol. The van der Waals surface area contributed by atoms with Crippen molar-refractivity contribution in [3.8, 4) is 0 Å². The van der Waals surface area contributed by atoms with Crippen LogP contribution < -0.4 is 5.32 Å². The smallest absolute Gasteiger partial charge is 0.270 e. The lowest BCUT2D eigenvalue weighted by molar-refractivity contribution is -0.384. The second-order valence-corrected chi connectivity index (χ2v) is 5.78. The number of anilines is 1. The third kappa shape index (κ3) is 3.75. The Balaban J connectivity index is 2.60. The number of halogens is 2. The van der Waals surface area contributed by atoms with Crippen LogP contribution in [0.1, 0.15) is 24.5 Å². The number of nitro benzene ring substituents is 1. The lowest BCUT2D eigenvalue weighted by Crippen LogP contribution is -2.11. The van der Waals surface area contributed by atoms with E-state index < -0.39 is 4.92 Å². The summed E-state index contributed by atoms with van der Waals surface area (Å²) in [6.45, 7) is 5.68. The Morgan fingerprint density at radius 1 is 1.25 bits per heavy atom. The van der Waals surface area contributed by atoms with E-state index >= 15 is 0 Å². The molecule has 0 atom stereocenters. The largest absolute Gasteiger partial charge is 0.326 e. The van der Waals surface area contributed by atoms with E-state index in [1.54, 1.807) is 25.1 Å². The lowest BCUT2D eigenvalue weighted by Gasteiger charge is -2.15. The number of hydrogen-bond acceptors (Lipinski definition) is 3. The van der Waals surface area contributed by atoms with Gasteiger partial charge >= 0.3 is 0 Å². The number of hydrogen-bond donors (Lipinski definition) is 1. The number of rotatable bonds is 5. The zero-order chi connectivity index (χ0) is 17.9. The van der Waals surface area contributed by atoms with Crippen LogP contribution >= 0.6 is 23.2 Å². The van der Waals surface area contributed by atoms with Crippen LogP contribution in [-0.4, -0.2) is 10.8 Å². The molecule has 0 saturated heterocycles. The minimum atomic E-state index is -0.517. The highest BCUT2D eigenvalue weighted by Crippen LogP contribution is 2.38. The molecule has 0 bridgehead atoms. The maximum atomic E-state index is 11.7. The predicted octanol–water partition coefficient (Wildman–Crippen LogP) is 5.31. The molecule has 0 saturated carbocycles. The third-order valence-corrected chi connectivity index (χ3v) is 4.03. The zero-order valence-corrected chi connectivity index (χ0v) is 14.3. The van der Waals surface area contributed by atoms with Crippen molar-refractivity contribution in [3.05, 3.63) is 74.3 Å². The molecule has 0 heterocycles. The Bertz CT molecular complexity index is 814. The fourth-order valence-corrected chi connectivity index (χ4v) is 2.79. The number of nitro groups is 1. The fourth-order valence-electron chi connectivity index (χ4n) is 2.16. The molecule has 0 spiro atoms. The van der Waals surface area contributed by atoms with Gasteiger partial charge in [-0.2, -0.15) is 0 Å². The van der Waals surface area contributed by atoms with E-state index in [-0.39, 0.29) is 18.0 Å². The van der Waals surface area contributed by atoms with Crippen molar-refractivity contribution >= 4 is 46.1 Å². The van der Waals surface area contributed by atoms with E-state index in [2.05, 4.69) is 11.9 Å². The Morgan fingerprint density at radius 3 is 2.42 bits per heavy atom. The summed E-state index contributed by atoms with van der Waals surface area (Å²) < 4.78 is 0. The molecule has 2 aromatic carbocycles. The van der Waals surface area contributed by atoms with Crippen LogP contribution in [0.25, 0.3) is 5.57 Å². The van der Waals surface area contributed by atoms with Crippen LogP contribution in [-0.2, 0) is 4.79 Å². The maximum absolute atomic E-state index is 11.7. The van der Waals surface area contributed by atoms with Crippen molar-refractivity contribution < 1.29 is 9.72 Å². The van der Waals surface area contributed by atoms with Crippen LogP contribution in [0.2, 0.25) is 10.0 Å². The molecule has 0 fully saturated rings. The number of non-ortho nitro benzene ring substituents is 1. The number of carbonyl (C=O) groups excluding carboxylic acids is 1. The minimum Gasteiger partial charge on any atom is -0.326 e. The number of benzene rings is 2. The SMILES string of the molecule is C=C(c1cc([N+](=O)[O-])ccc1NC(=O)CC)c1c(Cl)cccc1Cl. The highest BCUT2D eigenvalue weighted by atomic mass is 35.5. The van der Waals surface area contributed by atoms with Gasteiger partial charge in [0.2, 0.25) is 5.91 Å². The molecule has 0 radical (unpaired) electrons. The molecule has 1 amide bonds. The van der Waals surface area contributed by atoms with Gasteiger partial charge in [0, 0.05) is 45.4 Å². The van der Waals surface area contributed by atoms with Gasteiger partial charge in [-0.25, -0.2) is 0 Å². The monoisotopic (exact) mass is 364 g/mol. The van der Waals surface area contributed by atoms with E-state index in [9.17, 15) is 14.9 Å². The second-order valence-electron chi connectivity index (χ2n) is 4.96. The molecule has 2 rings (SSSR count). The predicted molar refractivity (Wildman–Crippen MR) is 96.6 cm³/mol. The molecule has 124 valence electrons. The molecular weight excluding hydrogens is 351 g/mol. The summed E-state index contributed by atoms with van der Waals surface area (Å²) >= 11 is 12.4.